The maximum absolute atomic E-state index is 9.75. The number of phenols is 1. The predicted molar refractivity (Wildman–Crippen MR) is 58.3 cm³/mol. The van der Waals surface area contributed by atoms with Crippen LogP contribution in [0.5, 0.6) is 5.75 Å². The number of fused-ring (bicyclic) bond motifs is 5. The lowest BCUT2D eigenvalue weighted by atomic mass is 9.98. The Bertz CT molecular complexity index is 353. The van der Waals surface area contributed by atoms with Crippen molar-refractivity contribution in [3.63, 3.8) is 0 Å². The first-order valence-corrected chi connectivity index (χ1v) is 4.89. The summed E-state index contributed by atoms with van der Waals surface area (Å²) in [5, 5.41) is 13.2. The van der Waals surface area contributed by atoms with E-state index in [0.717, 1.165) is 13.1 Å². The summed E-state index contributed by atoms with van der Waals surface area (Å²) in [5.74, 6) is 1.68. The Balaban J connectivity index is 0.000000750. The van der Waals surface area contributed by atoms with Crippen LogP contribution >= 0.6 is 12.4 Å². The number of aromatic hydroxyl groups is 1. The van der Waals surface area contributed by atoms with Crippen LogP contribution in [0.15, 0.2) is 18.2 Å². The van der Waals surface area contributed by atoms with Crippen LogP contribution in [0.4, 0.5) is 0 Å². The number of rotatable bonds is 0. The zero-order chi connectivity index (χ0) is 8.84. The second-order valence-electron chi connectivity index (χ2n) is 4.07. The number of hydrogen-bond donors (Lipinski definition) is 2. The molecule has 2 aliphatic rings. The molecule has 1 aromatic rings. The van der Waals surface area contributed by atoms with Crippen LogP contribution in [-0.2, 0) is 0 Å². The Morgan fingerprint density at radius 2 is 2.00 bits per heavy atom. The molecule has 76 valence electrons. The van der Waals surface area contributed by atoms with Gasteiger partial charge in [-0.3, -0.25) is 0 Å². The van der Waals surface area contributed by atoms with E-state index >= 15 is 0 Å². The minimum atomic E-state index is 0. The van der Waals surface area contributed by atoms with Gasteiger partial charge in [0.25, 0.3) is 0 Å². The van der Waals surface area contributed by atoms with Crippen molar-refractivity contribution in [2.45, 2.75) is 18.3 Å². The minimum absolute atomic E-state index is 0. The molecule has 0 spiro atoms. The number of nitrogens with one attached hydrogen (secondary N) is 1. The average Bonchev–Trinajstić information content (AvgIpc) is 2.41. The highest BCUT2D eigenvalue weighted by molar-refractivity contribution is 5.85. The van der Waals surface area contributed by atoms with Crippen molar-refractivity contribution < 1.29 is 5.11 Å². The molecule has 1 heterocycles. The van der Waals surface area contributed by atoms with Crippen molar-refractivity contribution in [2.75, 3.05) is 13.1 Å². The SMILES string of the molecule is Cl.Oc1cccc2c1C1CNCC2C1. The third kappa shape index (κ3) is 1.22. The Morgan fingerprint density at radius 3 is 2.86 bits per heavy atom. The zero-order valence-corrected chi connectivity index (χ0v) is 8.68. The normalized spacial score (nSPS) is 28.0. The van der Waals surface area contributed by atoms with Gasteiger partial charge in [0.1, 0.15) is 5.75 Å². The van der Waals surface area contributed by atoms with Gasteiger partial charge in [-0.1, -0.05) is 12.1 Å². The van der Waals surface area contributed by atoms with E-state index in [1.807, 2.05) is 6.07 Å². The molecule has 2 atom stereocenters. The van der Waals surface area contributed by atoms with Crippen LogP contribution in [0.3, 0.4) is 0 Å². The van der Waals surface area contributed by atoms with Gasteiger partial charge in [0.05, 0.1) is 0 Å². The molecule has 3 heteroatoms. The monoisotopic (exact) mass is 211 g/mol. The second-order valence-corrected chi connectivity index (χ2v) is 4.07. The predicted octanol–water partition coefficient (Wildman–Crippen LogP) is 1.99. The number of halogens is 1. The van der Waals surface area contributed by atoms with E-state index in [1.165, 1.54) is 17.5 Å². The summed E-state index contributed by atoms with van der Waals surface area (Å²) >= 11 is 0. The lowest BCUT2D eigenvalue weighted by molar-refractivity contribution is 0.435. The molecule has 0 amide bonds. The number of piperidine rings is 1. The lowest BCUT2D eigenvalue weighted by Crippen LogP contribution is -2.28. The first kappa shape index (κ1) is 9.81. The first-order chi connectivity index (χ1) is 6.36. The first-order valence-electron chi connectivity index (χ1n) is 4.89. The largest absolute Gasteiger partial charge is 0.508 e. The quantitative estimate of drug-likeness (QED) is 0.688. The van der Waals surface area contributed by atoms with Gasteiger partial charge in [-0.2, -0.15) is 0 Å². The molecule has 2 bridgehead atoms. The van der Waals surface area contributed by atoms with Crippen LogP contribution in [0.25, 0.3) is 0 Å². The maximum Gasteiger partial charge on any atom is 0.119 e. The van der Waals surface area contributed by atoms with Gasteiger partial charge in [-0.25, -0.2) is 0 Å². The van der Waals surface area contributed by atoms with Crippen molar-refractivity contribution in [3.05, 3.63) is 29.3 Å². The number of benzene rings is 1. The molecular weight excluding hydrogens is 198 g/mol. The van der Waals surface area contributed by atoms with Crippen molar-refractivity contribution in [3.8, 4) is 5.75 Å². The van der Waals surface area contributed by atoms with E-state index in [1.54, 1.807) is 6.07 Å². The van der Waals surface area contributed by atoms with Crippen molar-refractivity contribution in [2.24, 2.45) is 0 Å². The van der Waals surface area contributed by atoms with Gasteiger partial charge < -0.3 is 10.4 Å². The fraction of sp³-hybridized carbons (Fsp3) is 0.455. The molecule has 3 rings (SSSR count). The summed E-state index contributed by atoms with van der Waals surface area (Å²) in [6, 6.07) is 5.92. The highest BCUT2D eigenvalue weighted by Gasteiger charge is 2.35. The molecule has 0 radical (unpaired) electrons. The molecule has 1 aliphatic carbocycles. The van der Waals surface area contributed by atoms with E-state index < -0.39 is 0 Å². The van der Waals surface area contributed by atoms with Crippen LogP contribution in [-0.4, -0.2) is 18.2 Å². The summed E-state index contributed by atoms with van der Waals surface area (Å²) in [4.78, 5) is 0. The zero-order valence-electron chi connectivity index (χ0n) is 7.86. The lowest BCUT2D eigenvalue weighted by Gasteiger charge is -2.19. The van der Waals surface area contributed by atoms with Gasteiger partial charge in [-0.15, -0.1) is 12.4 Å². The highest BCUT2D eigenvalue weighted by atomic mass is 35.5. The van der Waals surface area contributed by atoms with E-state index in [9.17, 15) is 5.11 Å². The smallest absolute Gasteiger partial charge is 0.119 e. The van der Waals surface area contributed by atoms with Gasteiger partial charge in [-0.05, 0) is 24.0 Å². The number of phenolic OH excluding ortho intramolecular Hbond substituents is 1. The second kappa shape index (κ2) is 3.44. The topological polar surface area (TPSA) is 32.3 Å². The minimum Gasteiger partial charge on any atom is -0.508 e. The highest BCUT2D eigenvalue weighted by Crippen LogP contribution is 2.46. The molecule has 2 N–H and O–H groups in total. The molecule has 2 nitrogen and oxygen atoms in total. The summed E-state index contributed by atoms with van der Waals surface area (Å²) < 4.78 is 0. The Labute approximate surface area is 89.7 Å². The number of hydrogen-bond acceptors (Lipinski definition) is 2. The molecular formula is C11H14ClNO. The third-order valence-electron chi connectivity index (χ3n) is 3.32. The molecule has 1 aromatic carbocycles. The average molecular weight is 212 g/mol. The fourth-order valence-corrected chi connectivity index (χ4v) is 2.77. The summed E-state index contributed by atoms with van der Waals surface area (Å²) in [6.45, 7) is 2.11. The van der Waals surface area contributed by atoms with E-state index in [4.69, 9.17) is 0 Å². The van der Waals surface area contributed by atoms with E-state index in [2.05, 4.69) is 11.4 Å². The van der Waals surface area contributed by atoms with Crippen molar-refractivity contribution in [1.29, 1.82) is 0 Å². The Morgan fingerprint density at radius 1 is 1.21 bits per heavy atom. The maximum atomic E-state index is 9.75. The molecule has 0 saturated carbocycles. The van der Waals surface area contributed by atoms with Gasteiger partial charge in [0.15, 0.2) is 0 Å². The summed E-state index contributed by atoms with van der Waals surface area (Å²) in [6.07, 6.45) is 1.22. The summed E-state index contributed by atoms with van der Waals surface area (Å²) in [7, 11) is 0. The van der Waals surface area contributed by atoms with Gasteiger partial charge in [0, 0.05) is 24.6 Å². The van der Waals surface area contributed by atoms with Crippen LogP contribution in [0.1, 0.15) is 29.4 Å². The fourth-order valence-electron chi connectivity index (χ4n) is 2.77. The molecule has 14 heavy (non-hydrogen) atoms. The third-order valence-corrected chi connectivity index (χ3v) is 3.32. The van der Waals surface area contributed by atoms with Crippen molar-refractivity contribution >= 4 is 12.4 Å². The van der Waals surface area contributed by atoms with Crippen LogP contribution in [0, 0.1) is 0 Å². The van der Waals surface area contributed by atoms with Crippen LogP contribution < -0.4 is 5.32 Å². The van der Waals surface area contributed by atoms with Gasteiger partial charge >= 0.3 is 0 Å². The van der Waals surface area contributed by atoms with Crippen LogP contribution in [0.2, 0.25) is 0 Å². The molecule has 0 aromatic heterocycles. The summed E-state index contributed by atoms with van der Waals surface area (Å²) in [5.41, 5.74) is 2.58. The van der Waals surface area contributed by atoms with Gasteiger partial charge in [0.2, 0.25) is 0 Å². The molecule has 1 fully saturated rings. The molecule has 1 saturated heterocycles. The van der Waals surface area contributed by atoms with E-state index in [0.29, 0.717) is 17.6 Å². The Kier molecular flexibility index (Phi) is 2.41. The molecule has 2 unspecified atom stereocenters. The van der Waals surface area contributed by atoms with E-state index in [-0.39, 0.29) is 12.4 Å². The Hall–Kier alpha value is -0.730. The molecule has 1 aliphatic heterocycles. The standard InChI is InChI=1S/C11H13NO.ClH/c13-10-3-1-2-9-7-4-8(11(9)10)6-12-5-7;/h1-3,7-8,12-13H,4-6H2;1H. The van der Waals surface area contributed by atoms with Crippen molar-refractivity contribution in [1.82, 2.24) is 5.32 Å².